The largest absolute Gasteiger partial charge is 0.295 e. The van der Waals surface area contributed by atoms with E-state index < -0.39 is 0 Å². The zero-order valence-electron chi connectivity index (χ0n) is 9.87. The van der Waals surface area contributed by atoms with Crippen LogP contribution in [0.2, 0.25) is 0 Å². The summed E-state index contributed by atoms with van der Waals surface area (Å²) < 4.78 is 12.7. The normalized spacial score (nSPS) is 18.0. The van der Waals surface area contributed by atoms with Gasteiger partial charge in [0.05, 0.1) is 0 Å². The maximum absolute atomic E-state index is 12.7. The molecule has 17 heavy (non-hydrogen) atoms. The van der Waals surface area contributed by atoms with Gasteiger partial charge in [-0.25, -0.2) is 9.40 Å². The highest BCUT2D eigenvalue weighted by Gasteiger charge is 2.19. The van der Waals surface area contributed by atoms with E-state index >= 15 is 0 Å². The number of hydrogen-bond acceptors (Lipinski definition) is 2. The zero-order valence-corrected chi connectivity index (χ0v) is 9.87. The second-order valence-corrected chi connectivity index (χ2v) is 4.37. The van der Waals surface area contributed by atoms with Gasteiger partial charge in [0.1, 0.15) is 18.9 Å². The summed E-state index contributed by atoms with van der Waals surface area (Å²) in [7, 11) is 2.07. The van der Waals surface area contributed by atoms with Crippen LogP contribution in [0.5, 0.6) is 0 Å². The maximum Gasteiger partial charge on any atom is 0.295 e. The molecule has 0 spiro atoms. The van der Waals surface area contributed by atoms with Crippen LogP contribution >= 0.6 is 0 Å². The highest BCUT2D eigenvalue weighted by molar-refractivity contribution is 5.93. The Kier molecular flexibility index (Phi) is 3.71. The Morgan fingerprint density at radius 1 is 1.29 bits per heavy atom. The monoisotopic (exact) mass is 238 g/mol. The van der Waals surface area contributed by atoms with E-state index in [1.165, 1.54) is 24.3 Å². The molecule has 0 saturated carbocycles. The van der Waals surface area contributed by atoms with Gasteiger partial charge in [0.2, 0.25) is 0 Å². The van der Waals surface area contributed by atoms with Gasteiger partial charge in [0, 0.05) is 18.7 Å². The summed E-state index contributed by atoms with van der Waals surface area (Å²) in [4.78, 5) is 14.1. The van der Waals surface area contributed by atoms with Gasteiger partial charge >= 0.3 is 0 Å². The average molecular weight is 238 g/mol. The zero-order chi connectivity index (χ0) is 12.3. The molecule has 0 atom stereocenters. The molecule has 1 heterocycles. The topological polar surface area (TPSA) is 36.8 Å². The van der Waals surface area contributed by atoms with Crippen LogP contribution in [0.4, 0.5) is 4.39 Å². The summed E-state index contributed by atoms with van der Waals surface area (Å²) in [5.74, 6) is -0.474. The molecule has 1 aromatic rings. The Morgan fingerprint density at radius 3 is 2.47 bits per heavy atom. The molecule has 0 aromatic heterocycles. The first-order valence-corrected chi connectivity index (χ1v) is 5.75. The van der Waals surface area contributed by atoms with Crippen LogP contribution in [0, 0.1) is 5.82 Å². The van der Waals surface area contributed by atoms with Crippen LogP contribution in [-0.2, 0) is 0 Å². The highest BCUT2D eigenvalue weighted by atomic mass is 19.1. The lowest BCUT2D eigenvalue weighted by atomic mass is 10.2. The van der Waals surface area contributed by atoms with Crippen LogP contribution in [0.25, 0.3) is 0 Å². The molecule has 2 rings (SSSR count). The number of nitrogens with zero attached hydrogens (tertiary/aromatic N) is 1. The second-order valence-electron chi connectivity index (χ2n) is 4.37. The Labute approximate surface area is 100.0 Å². The first-order valence-electron chi connectivity index (χ1n) is 5.75. The van der Waals surface area contributed by atoms with Gasteiger partial charge in [-0.15, -0.1) is 0 Å². The quantitative estimate of drug-likeness (QED) is 0.715. The molecule has 0 bridgehead atoms. The lowest BCUT2D eigenvalue weighted by Gasteiger charge is -2.28. The predicted octanol–water partition coefficient (Wildman–Crippen LogP) is -0.699. The number of carbonyl (C=O) groups excluding carboxylic acids is 1. The molecule has 1 saturated heterocycles. The van der Waals surface area contributed by atoms with Crippen molar-refractivity contribution >= 4 is 5.91 Å². The number of nitrogens with one attached hydrogen (secondary N) is 2. The van der Waals surface area contributed by atoms with Gasteiger partial charge in [0.15, 0.2) is 0 Å². The first-order chi connectivity index (χ1) is 8.15. The van der Waals surface area contributed by atoms with Gasteiger partial charge in [0.25, 0.3) is 5.91 Å². The molecule has 1 amide bonds. The van der Waals surface area contributed by atoms with Gasteiger partial charge in [-0.2, -0.15) is 5.43 Å². The number of carbonyl (C=O) groups is 1. The Morgan fingerprint density at radius 2 is 1.88 bits per heavy atom. The molecular formula is C12H17FN3O+. The smallest absolute Gasteiger partial charge is 0.295 e. The van der Waals surface area contributed by atoms with Gasteiger partial charge in [-0.1, -0.05) is 0 Å². The number of amides is 1. The van der Waals surface area contributed by atoms with E-state index in [0.29, 0.717) is 5.56 Å². The average Bonchev–Trinajstić information content (AvgIpc) is 2.33. The fourth-order valence-electron chi connectivity index (χ4n) is 1.85. The molecule has 0 radical (unpaired) electrons. The van der Waals surface area contributed by atoms with Crippen LogP contribution in [0.1, 0.15) is 10.4 Å². The molecule has 0 aliphatic carbocycles. The van der Waals surface area contributed by atoms with Crippen molar-refractivity contribution in [3.8, 4) is 0 Å². The maximum atomic E-state index is 12.7. The molecule has 1 aromatic carbocycles. The third kappa shape index (κ3) is 3.25. The number of likely N-dealkylation sites (N-methyl/N-ethyl adjacent to an activating group) is 1. The molecule has 4 nitrogen and oxygen atoms in total. The summed E-state index contributed by atoms with van der Waals surface area (Å²) >= 11 is 0. The standard InChI is InChI=1S/C12H16FN3O/c1-15-6-8-16(9-7-15)14-12(17)10-2-4-11(13)5-3-10/h2-5H,6-9H2,1H3,(H,14,17)/p+1. The lowest BCUT2D eigenvalue weighted by molar-refractivity contribution is -0.939. The molecule has 1 fully saturated rings. The van der Waals surface area contributed by atoms with Crippen molar-refractivity contribution in [1.29, 1.82) is 0 Å². The van der Waals surface area contributed by atoms with E-state index in [4.69, 9.17) is 0 Å². The SMILES string of the molecule is CN1CC[NH+](NC(=O)c2ccc(F)cc2)CC1. The summed E-state index contributed by atoms with van der Waals surface area (Å²) in [5, 5.41) is 1.07. The van der Waals surface area contributed by atoms with E-state index in [1.54, 1.807) is 0 Å². The van der Waals surface area contributed by atoms with Crippen LogP contribution in [-0.4, -0.2) is 44.0 Å². The van der Waals surface area contributed by atoms with Gasteiger partial charge in [-0.05, 0) is 31.3 Å². The van der Waals surface area contributed by atoms with Crippen LogP contribution in [0.15, 0.2) is 24.3 Å². The molecule has 1 aliphatic heterocycles. The van der Waals surface area contributed by atoms with Crippen LogP contribution in [0.3, 0.4) is 0 Å². The Balaban J connectivity index is 1.91. The van der Waals surface area contributed by atoms with Crippen molar-refractivity contribution in [3.05, 3.63) is 35.6 Å². The number of piperazine rings is 1. The first kappa shape index (κ1) is 12.0. The van der Waals surface area contributed by atoms with E-state index in [-0.39, 0.29) is 11.7 Å². The van der Waals surface area contributed by atoms with Crippen molar-refractivity contribution in [2.24, 2.45) is 0 Å². The number of quaternary nitrogens is 1. The summed E-state index contributed by atoms with van der Waals surface area (Å²) in [6.07, 6.45) is 0. The van der Waals surface area contributed by atoms with E-state index in [1.807, 2.05) is 0 Å². The van der Waals surface area contributed by atoms with Crippen molar-refractivity contribution in [2.75, 3.05) is 33.2 Å². The van der Waals surface area contributed by atoms with Crippen molar-refractivity contribution in [3.63, 3.8) is 0 Å². The molecule has 0 unspecified atom stereocenters. The third-order valence-corrected chi connectivity index (χ3v) is 2.99. The van der Waals surface area contributed by atoms with Gasteiger partial charge < -0.3 is 0 Å². The van der Waals surface area contributed by atoms with Crippen molar-refractivity contribution in [1.82, 2.24) is 10.3 Å². The third-order valence-electron chi connectivity index (χ3n) is 2.99. The molecule has 5 heteroatoms. The van der Waals surface area contributed by atoms with E-state index in [0.717, 1.165) is 31.2 Å². The lowest BCUT2D eigenvalue weighted by Crippen LogP contribution is -3.21. The predicted molar refractivity (Wildman–Crippen MR) is 62.1 cm³/mol. The fourth-order valence-corrected chi connectivity index (χ4v) is 1.85. The minimum absolute atomic E-state index is 0.149. The van der Waals surface area contributed by atoms with Crippen molar-refractivity contribution < 1.29 is 14.2 Å². The van der Waals surface area contributed by atoms with E-state index in [2.05, 4.69) is 17.4 Å². The number of rotatable bonds is 2. The molecule has 1 aliphatic rings. The number of hydrogen-bond donors (Lipinski definition) is 2. The molecule has 92 valence electrons. The molecular weight excluding hydrogens is 221 g/mol. The highest BCUT2D eigenvalue weighted by Crippen LogP contribution is 2.01. The minimum Gasteiger partial charge on any atom is -0.295 e. The number of benzene rings is 1. The summed E-state index contributed by atoms with van der Waals surface area (Å²) in [6, 6.07) is 5.60. The summed E-state index contributed by atoms with van der Waals surface area (Å²) in [6.45, 7) is 3.73. The Bertz CT molecular complexity index is 385. The minimum atomic E-state index is -0.325. The van der Waals surface area contributed by atoms with Crippen LogP contribution < -0.4 is 10.4 Å². The van der Waals surface area contributed by atoms with Gasteiger partial charge in [-0.3, -0.25) is 9.69 Å². The second kappa shape index (κ2) is 5.25. The molecule has 2 N–H and O–H groups in total. The Hall–Kier alpha value is -1.46. The van der Waals surface area contributed by atoms with E-state index in [9.17, 15) is 9.18 Å². The summed E-state index contributed by atoms with van der Waals surface area (Å²) in [5.41, 5.74) is 3.40. The van der Waals surface area contributed by atoms with Crippen molar-refractivity contribution in [2.45, 2.75) is 0 Å². The fraction of sp³-hybridized carbons (Fsp3) is 0.417. The number of halogens is 1.